The molecule has 1 N–H and O–H groups in total. The molecule has 25 heavy (non-hydrogen) atoms. The average Bonchev–Trinajstić information content (AvgIpc) is 3.04. The third-order valence-corrected chi connectivity index (χ3v) is 4.64. The molecule has 0 saturated carbocycles. The fraction of sp³-hybridized carbons (Fsp3) is 0.167. The Morgan fingerprint density at radius 2 is 1.80 bits per heavy atom. The van der Waals surface area contributed by atoms with Crippen LogP contribution in [-0.4, -0.2) is 10.3 Å². The maximum Gasteiger partial charge on any atom is 0.416 e. The van der Waals surface area contributed by atoms with Crippen LogP contribution in [0.2, 0.25) is 0 Å². The predicted octanol–water partition coefficient (Wildman–Crippen LogP) is 5.67. The molecular formula is C18H14F3NO2S. The zero-order valence-corrected chi connectivity index (χ0v) is 14.0. The van der Waals surface area contributed by atoms with E-state index in [1.54, 1.807) is 12.1 Å². The smallest absolute Gasteiger partial charge is 0.416 e. The molecule has 3 rings (SSSR count). The lowest BCUT2D eigenvalue weighted by atomic mass is 10.1. The summed E-state index contributed by atoms with van der Waals surface area (Å²) in [6.45, 7) is 1.82. The molecule has 130 valence electrons. The Morgan fingerprint density at radius 1 is 1.08 bits per heavy atom. The first-order chi connectivity index (χ1) is 11.8. The van der Waals surface area contributed by atoms with E-state index < -0.39 is 11.7 Å². The molecule has 3 nitrogen and oxygen atoms in total. The highest BCUT2D eigenvalue weighted by molar-refractivity contribution is 7.98. The van der Waals surface area contributed by atoms with Crippen LogP contribution < -0.4 is 0 Å². The molecule has 2 aromatic carbocycles. The molecule has 0 aliphatic carbocycles. The van der Waals surface area contributed by atoms with Crippen LogP contribution in [0, 0.1) is 6.92 Å². The number of phenols is 1. The summed E-state index contributed by atoms with van der Waals surface area (Å²) < 4.78 is 43.0. The van der Waals surface area contributed by atoms with Crippen molar-refractivity contribution in [3.05, 3.63) is 65.4 Å². The van der Waals surface area contributed by atoms with E-state index in [4.69, 9.17) is 4.52 Å². The van der Waals surface area contributed by atoms with Gasteiger partial charge in [-0.15, -0.1) is 11.8 Å². The molecule has 1 heterocycles. The standard InChI is InChI=1S/C18H14F3NO2S/c1-11-8-15(6-7-16(11)23)25-10-14-9-17(24-22-14)12-2-4-13(5-3-12)18(19,20)21/h2-9,23H,10H2,1H3. The van der Waals surface area contributed by atoms with Crippen molar-refractivity contribution in [3.8, 4) is 17.1 Å². The third-order valence-electron chi connectivity index (χ3n) is 3.61. The Morgan fingerprint density at radius 3 is 2.44 bits per heavy atom. The molecule has 0 saturated heterocycles. The summed E-state index contributed by atoms with van der Waals surface area (Å²) in [5, 5.41) is 13.5. The van der Waals surface area contributed by atoms with Crippen molar-refractivity contribution in [2.24, 2.45) is 0 Å². The van der Waals surface area contributed by atoms with Crippen LogP contribution in [0.4, 0.5) is 13.2 Å². The second-order valence-electron chi connectivity index (χ2n) is 5.49. The lowest BCUT2D eigenvalue weighted by Gasteiger charge is -2.06. The van der Waals surface area contributed by atoms with Crippen LogP contribution in [0.1, 0.15) is 16.8 Å². The quantitative estimate of drug-likeness (QED) is 0.606. The number of nitrogens with zero attached hydrogens (tertiary/aromatic N) is 1. The topological polar surface area (TPSA) is 46.3 Å². The number of thioether (sulfide) groups is 1. The van der Waals surface area contributed by atoms with E-state index in [0.717, 1.165) is 22.6 Å². The first-order valence-electron chi connectivity index (χ1n) is 7.38. The normalized spacial score (nSPS) is 11.7. The van der Waals surface area contributed by atoms with E-state index in [0.29, 0.717) is 22.8 Å². The van der Waals surface area contributed by atoms with Crippen LogP contribution >= 0.6 is 11.8 Å². The minimum atomic E-state index is -4.36. The maximum absolute atomic E-state index is 12.6. The van der Waals surface area contributed by atoms with E-state index in [-0.39, 0.29) is 5.75 Å². The van der Waals surface area contributed by atoms with Gasteiger partial charge in [0.15, 0.2) is 5.76 Å². The summed E-state index contributed by atoms with van der Waals surface area (Å²) in [6, 6.07) is 11.8. The summed E-state index contributed by atoms with van der Waals surface area (Å²) in [6.07, 6.45) is -4.36. The predicted molar refractivity (Wildman–Crippen MR) is 89.3 cm³/mol. The SMILES string of the molecule is Cc1cc(SCc2cc(-c3ccc(C(F)(F)F)cc3)on2)ccc1O. The van der Waals surface area contributed by atoms with Gasteiger partial charge >= 0.3 is 6.18 Å². The minimum Gasteiger partial charge on any atom is -0.508 e. The maximum atomic E-state index is 12.6. The van der Waals surface area contributed by atoms with Crippen LogP contribution in [0.3, 0.4) is 0 Å². The van der Waals surface area contributed by atoms with Crippen molar-refractivity contribution in [3.63, 3.8) is 0 Å². The third kappa shape index (κ3) is 4.17. The van der Waals surface area contributed by atoms with Crippen molar-refractivity contribution < 1.29 is 22.8 Å². The van der Waals surface area contributed by atoms with Crippen molar-refractivity contribution in [2.45, 2.75) is 23.7 Å². The fourth-order valence-corrected chi connectivity index (χ4v) is 3.09. The Balaban J connectivity index is 1.68. The molecule has 0 spiro atoms. The number of aromatic hydroxyl groups is 1. The highest BCUT2D eigenvalue weighted by atomic mass is 32.2. The monoisotopic (exact) mass is 365 g/mol. The minimum absolute atomic E-state index is 0.246. The lowest BCUT2D eigenvalue weighted by Crippen LogP contribution is -2.03. The van der Waals surface area contributed by atoms with Gasteiger partial charge in [0, 0.05) is 22.3 Å². The molecule has 0 aliphatic heterocycles. The molecule has 0 fully saturated rings. The van der Waals surface area contributed by atoms with E-state index in [1.165, 1.54) is 23.9 Å². The molecule has 0 bridgehead atoms. The summed E-state index contributed by atoms with van der Waals surface area (Å²) in [5.74, 6) is 1.22. The van der Waals surface area contributed by atoms with Crippen LogP contribution in [0.5, 0.6) is 5.75 Å². The first kappa shape index (κ1) is 17.4. The van der Waals surface area contributed by atoms with Gasteiger partial charge in [-0.2, -0.15) is 13.2 Å². The Bertz CT molecular complexity index is 873. The number of halogens is 3. The number of benzene rings is 2. The molecule has 0 amide bonds. The number of hydrogen-bond acceptors (Lipinski definition) is 4. The summed E-state index contributed by atoms with van der Waals surface area (Å²) >= 11 is 1.53. The lowest BCUT2D eigenvalue weighted by molar-refractivity contribution is -0.137. The van der Waals surface area contributed by atoms with E-state index in [2.05, 4.69) is 5.16 Å². The number of hydrogen-bond donors (Lipinski definition) is 1. The summed E-state index contributed by atoms with van der Waals surface area (Å²) in [7, 11) is 0. The first-order valence-corrected chi connectivity index (χ1v) is 8.37. The van der Waals surface area contributed by atoms with Crippen molar-refractivity contribution >= 4 is 11.8 Å². The van der Waals surface area contributed by atoms with Gasteiger partial charge in [0.1, 0.15) is 5.75 Å². The van der Waals surface area contributed by atoms with Gasteiger partial charge in [-0.05, 0) is 42.8 Å². The second-order valence-corrected chi connectivity index (χ2v) is 6.54. The molecule has 7 heteroatoms. The highest BCUT2D eigenvalue weighted by Gasteiger charge is 2.30. The average molecular weight is 365 g/mol. The van der Waals surface area contributed by atoms with E-state index in [9.17, 15) is 18.3 Å². The van der Waals surface area contributed by atoms with Crippen molar-refractivity contribution in [2.75, 3.05) is 0 Å². The molecule has 1 aromatic heterocycles. The van der Waals surface area contributed by atoms with Crippen LogP contribution in [-0.2, 0) is 11.9 Å². The van der Waals surface area contributed by atoms with Gasteiger partial charge in [-0.25, -0.2) is 0 Å². The molecule has 0 atom stereocenters. The summed E-state index contributed by atoms with van der Waals surface area (Å²) in [4.78, 5) is 0.981. The number of aromatic nitrogens is 1. The molecule has 0 aliphatic rings. The van der Waals surface area contributed by atoms with Gasteiger partial charge in [-0.1, -0.05) is 17.3 Å². The van der Waals surface area contributed by atoms with Gasteiger partial charge in [0.05, 0.1) is 11.3 Å². The van der Waals surface area contributed by atoms with E-state index in [1.807, 2.05) is 19.1 Å². The van der Waals surface area contributed by atoms with Crippen molar-refractivity contribution in [1.82, 2.24) is 5.16 Å². The van der Waals surface area contributed by atoms with Gasteiger partial charge in [0.2, 0.25) is 0 Å². The molecule has 3 aromatic rings. The second kappa shape index (κ2) is 6.84. The van der Waals surface area contributed by atoms with Crippen LogP contribution in [0.15, 0.2) is 57.9 Å². The number of rotatable bonds is 4. The molecular weight excluding hydrogens is 351 g/mol. The van der Waals surface area contributed by atoms with E-state index >= 15 is 0 Å². The Hall–Kier alpha value is -2.41. The number of aryl methyl sites for hydroxylation is 1. The largest absolute Gasteiger partial charge is 0.508 e. The number of alkyl halides is 3. The van der Waals surface area contributed by atoms with Gasteiger partial charge < -0.3 is 9.63 Å². The summed E-state index contributed by atoms with van der Waals surface area (Å²) in [5.41, 5.74) is 1.31. The molecule has 0 radical (unpaired) electrons. The molecule has 0 unspecified atom stereocenters. The van der Waals surface area contributed by atoms with Gasteiger partial charge in [-0.3, -0.25) is 0 Å². The zero-order valence-electron chi connectivity index (χ0n) is 13.2. The van der Waals surface area contributed by atoms with Crippen LogP contribution in [0.25, 0.3) is 11.3 Å². The zero-order chi connectivity index (χ0) is 18.0. The number of phenolic OH excluding ortho intramolecular Hbond substituents is 1. The Kier molecular flexibility index (Phi) is 4.76. The fourth-order valence-electron chi connectivity index (χ4n) is 2.21. The Labute approximate surface area is 146 Å². The van der Waals surface area contributed by atoms with Crippen molar-refractivity contribution in [1.29, 1.82) is 0 Å². The highest BCUT2D eigenvalue weighted by Crippen LogP contribution is 2.32. The van der Waals surface area contributed by atoms with Gasteiger partial charge in [0.25, 0.3) is 0 Å².